The summed E-state index contributed by atoms with van der Waals surface area (Å²) in [6.07, 6.45) is 0. The zero-order valence-corrected chi connectivity index (χ0v) is 13.8. The van der Waals surface area contributed by atoms with Crippen LogP contribution in [0.15, 0.2) is 42.5 Å². The maximum absolute atomic E-state index is 11.2. The van der Waals surface area contributed by atoms with E-state index >= 15 is 0 Å². The number of benzene rings is 2. The topological polar surface area (TPSA) is 64.8 Å². The molecule has 2 aromatic rings. The minimum atomic E-state index is -0.376. The van der Waals surface area contributed by atoms with E-state index in [9.17, 15) is 10.1 Å². The molecule has 0 N–H and O–H groups in total. The fourth-order valence-electron chi connectivity index (χ4n) is 2.90. The van der Waals surface area contributed by atoms with Gasteiger partial charge in [-0.05, 0) is 19.5 Å². The zero-order valence-electron chi connectivity index (χ0n) is 13.8. The summed E-state index contributed by atoms with van der Waals surface area (Å²) in [4.78, 5) is 13.0. The summed E-state index contributed by atoms with van der Waals surface area (Å²) >= 11 is 0. The lowest BCUT2D eigenvalue weighted by molar-refractivity contribution is -0.385. The summed E-state index contributed by atoms with van der Waals surface area (Å²) in [6, 6.07) is 13.5. The quantitative estimate of drug-likeness (QED) is 0.619. The van der Waals surface area contributed by atoms with Crippen molar-refractivity contribution in [2.75, 3.05) is 13.8 Å². The predicted octanol–water partition coefficient (Wildman–Crippen LogP) is 3.65. The molecular formula is C18H20N2O4. The Morgan fingerprint density at radius 3 is 2.75 bits per heavy atom. The first kappa shape index (κ1) is 16.4. The van der Waals surface area contributed by atoms with Crippen molar-refractivity contribution in [2.24, 2.45) is 0 Å². The highest BCUT2D eigenvalue weighted by atomic mass is 16.7. The van der Waals surface area contributed by atoms with Crippen LogP contribution in [0.5, 0.6) is 5.75 Å². The SMILES string of the molecule is C[C@@H](c1ccccc1)N(C)Cc1cc([N+](=O)[O-])cc2c1OCOC2. The Balaban J connectivity index is 1.88. The van der Waals surface area contributed by atoms with Crippen molar-refractivity contribution in [2.45, 2.75) is 26.1 Å². The zero-order chi connectivity index (χ0) is 17.1. The molecule has 1 aliphatic heterocycles. The second-order valence-corrected chi connectivity index (χ2v) is 5.96. The first-order valence-electron chi connectivity index (χ1n) is 7.82. The van der Waals surface area contributed by atoms with Crippen LogP contribution >= 0.6 is 0 Å². The number of hydrogen-bond donors (Lipinski definition) is 0. The molecule has 0 fully saturated rings. The lowest BCUT2D eigenvalue weighted by Gasteiger charge is -2.27. The molecule has 1 heterocycles. The van der Waals surface area contributed by atoms with E-state index < -0.39 is 0 Å². The average molecular weight is 328 g/mol. The van der Waals surface area contributed by atoms with Crippen LogP contribution in [-0.2, 0) is 17.9 Å². The van der Waals surface area contributed by atoms with Gasteiger partial charge in [-0.1, -0.05) is 30.3 Å². The summed E-state index contributed by atoms with van der Waals surface area (Å²) in [5, 5.41) is 11.2. The molecule has 6 heteroatoms. The molecule has 0 radical (unpaired) electrons. The van der Waals surface area contributed by atoms with Gasteiger partial charge in [0.05, 0.1) is 11.5 Å². The molecule has 0 aliphatic carbocycles. The van der Waals surface area contributed by atoms with E-state index in [4.69, 9.17) is 9.47 Å². The van der Waals surface area contributed by atoms with Gasteiger partial charge in [0.25, 0.3) is 5.69 Å². The Kier molecular flexibility index (Phi) is 4.78. The molecule has 1 atom stereocenters. The van der Waals surface area contributed by atoms with Gasteiger partial charge < -0.3 is 9.47 Å². The fourth-order valence-corrected chi connectivity index (χ4v) is 2.90. The Morgan fingerprint density at radius 2 is 2.04 bits per heavy atom. The normalized spacial score (nSPS) is 14.8. The molecule has 0 saturated carbocycles. The molecule has 126 valence electrons. The van der Waals surface area contributed by atoms with Crippen molar-refractivity contribution in [1.82, 2.24) is 4.90 Å². The highest BCUT2D eigenvalue weighted by molar-refractivity contribution is 5.50. The molecule has 2 aromatic carbocycles. The van der Waals surface area contributed by atoms with Crippen molar-refractivity contribution in [3.63, 3.8) is 0 Å². The van der Waals surface area contributed by atoms with Crippen LogP contribution < -0.4 is 4.74 Å². The maximum atomic E-state index is 11.2. The van der Waals surface area contributed by atoms with E-state index in [-0.39, 0.29) is 23.4 Å². The summed E-state index contributed by atoms with van der Waals surface area (Å²) in [5.74, 6) is 0.707. The Labute approximate surface area is 140 Å². The lowest BCUT2D eigenvalue weighted by atomic mass is 10.0. The largest absolute Gasteiger partial charge is 0.467 e. The van der Waals surface area contributed by atoms with Crippen molar-refractivity contribution >= 4 is 5.69 Å². The lowest BCUT2D eigenvalue weighted by Crippen LogP contribution is -2.23. The third-order valence-corrected chi connectivity index (χ3v) is 4.35. The predicted molar refractivity (Wildman–Crippen MR) is 89.7 cm³/mol. The molecular weight excluding hydrogens is 308 g/mol. The van der Waals surface area contributed by atoms with Gasteiger partial charge >= 0.3 is 0 Å². The highest BCUT2D eigenvalue weighted by Crippen LogP contribution is 2.34. The number of nitrogens with zero attached hydrogens (tertiary/aromatic N) is 2. The second-order valence-electron chi connectivity index (χ2n) is 5.96. The van der Waals surface area contributed by atoms with Crippen LogP contribution in [0.3, 0.4) is 0 Å². The van der Waals surface area contributed by atoms with E-state index in [2.05, 4.69) is 24.0 Å². The van der Waals surface area contributed by atoms with Gasteiger partial charge in [-0.15, -0.1) is 0 Å². The molecule has 0 saturated heterocycles. The van der Waals surface area contributed by atoms with Gasteiger partial charge in [-0.3, -0.25) is 15.0 Å². The van der Waals surface area contributed by atoms with Crippen LogP contribution in [0.4, 0.5) is 5.69 Å². The van der Waals surface area contributed by atoms with Gasteiger partial charge in [-0.2, -0.15) is 0 Å². The number of rotatable bonds is 5. The van der Waals surface area contributed by atoms with Gasteiger partial charge in [-0.25, -0.2) is 0 Å². The Hall–Kier alpha value is -2.44. The monoisotopic (exact) mass is 328 g/mol. The van der Waals surface area contributed by atoms with E-state index in [1.807, 2.05) is 25.2 Å². The van der Waals surface area contributed by atoms with Crippen LogP contribution in [0, 0.1) is 10.1 Å². The van der Waals surface area contributed by atoms with Gasteiger partial charge in [0, 0.05) is 35.8 Å². The third kappa shape index (κ3) is 3.39. The molecule has 0 aromatic heterocycles. The Bertz CT molecular complexity index is 733. The molecule has 0 bridgehead atoms. The number of fused-ring (bicyclic) bond motifs is 1. The van der Waals surface area contributed by atoms with Gasteiger partial charge in [0.2, 0.25) is 0 Å². The number of ether oxygens (including phenoxy) is 2. The van der Waals surface area contributed by atoms with E-state index in [0.29, 0.717) is 18.9 Å². The highest BCUT2D eigenvalue weighted by Gasteiger charge is 2.23. The molecule has 24 heavy (non-hydrogen) atoms. The molecule has 3 rings (SSSR count). The molecule has 0 unspecified atom stereocenters. The van der Waals surface area contributed by atoms with Crippen LogP contribution in [0.2, 0.25) is 0 Å². The van der Waals surface area contributed by atoms with Crippen LogP contribution in [0.1, 0.15) is 29.7 Å². The van der Waals surface area contributed by atoms with Crippen molar-refractivity contribution in [1.29, 1.82) is 0 Å². The van der Waals surface area contributed by atoms with Crippen molar-refractivity contribution < 1.29 is 14.4 Å². The minimum absolute atomic E-state index is 0.0682. The molecule has 1 aliphatic rings. The minimum Gasteiger partial charge on any atom is -0.467 e. The number of nitro groups is 1. The number of nitro benzene ring substituents is 1. The molecule has 0 amide bonds. The van der Waals surface area contributed by atoms with Crippen molar-refractivity contribution in [3.8, 4) is 5.75 Å². The maximum Gasteiger partial charge on any atom is 0.270 e. The van der Waals surface area contributed by atoms with E-state index in [1.54, 1.807) is 6.07 Å². The Morgan fingerprint density at radius 1 is 1.29 bits per heavy atom. The molecule has 0 spiro atoms. The fraction of sp³-hybridized carbons (Fsp3) is 0.333. The summed E-state index contributed by atoms with van der Waals surface area (Å²) in [6.45, 7) is 3.18. The second kappa shape index (κ2) is 6.98. The summed E-state index contributed by atoms with van der Waals surface area (Å²) in [7, 11) is 2.00. The van der Waals surface area contributed by atoms with Gasteiger partial charge in [0.15, 0.2) is 6.79 Å². The molecule has 6 nitrogen and oxygen atoms in total. The van der Waals surface area contributed by atoms with E-state index in [0.717, 1.165) is 11.1 Å². The first-order valence-corrected chi connectivity index (χ1v) is 7.82. The first-order chi connectivity index (χ1) is 11.6. The number of non-ortho nitro benzene ring substituents is 1. The third-order valence-electron chi connectivity index (χ3n) is 4.35. The standard InChI is InChI=1S/C18H20N2O4/c1-13(14-6-4-3-5-7-14)19(2)10-15-8-17(20(21)22)9-16-11-23-12-24-18(15)16/h3-9,13H,10-12H2,1-2H3/t13-/m0/s1. The van der Waals surface area contributed by atoms with Crippen LogP contribution in [0.25, 0.3) is 0 Å². The van der Waals surface area contributed by atoms with E-state index in [1.165, 1.54) is 11.6 Å². The van der Waals surface area contributed by atoms with Crippen molar-refractivity contribution in [3.05, 3.63) is 69.3 Å². The number of hydrogen-bond acceptors (Lipinski definition) is 5. The van der Waals surface area contributed by atoms with Gasteiger partial charge in [0.1, 0.15) is 5.75 Å². The average Bonchev–Trinajstić information content (AvgIpc) is 2.61. The summed E-state index contributed by atoms with van der Waals surface area (Å²) < 4.78 is 10.9. The summed E-state index contributed by atoms with van der Waals surface area (Å²) in [5.41, 5.74) is 2.81. The smallest absolute Gasteiger partial charge is 0.270 e. The van der Waals surface area contributed by atoms with Crippen LogP contribution in [-0.4, -0.2) is 23.7 Å².